The molecule has 0 fully saturated rings. The van der Waals surface area contributed by atoms with Crippen molar-refractivity contribution in [2.24, 2.45) is 0 Å². The van der Waals surface area contributed by atoms with E-state index >= 15 is 0 Å². The topological polar surface area (TPSA) is 74.7 Å². The summed E-state index contributed by atoms with van der Waals surface area (Å²) in [4.78, 5) is 10.3. The normalized spacial score (nSPS) is 11.0. The van der Waals surface area contributed by atoms with E-state index in [1.165, 1.54) is 12.1 Å². The van der Waals surface area contributed by atoms with Crippen LogP contribution in [0.15, 0.2) is 30.3 Å². The van der Waals surface area contributed by atoms with E-state index in [1.54, 1.807) is 18.2 Å². The number of aliphatic carboxylic acids is 1. The van der Waals surface area contributed by atoms with Crippen molar-refractivity contribution in [1.29, 1.82) is 0 Å². The van der Waals surface area contributed by atoms with Crippen LogP contribution in [0.4, 0.5) is 5.69 Å². The molecule has 0 saturated carbocycles. The van der Waals surface area contributed by atoms with Gasteiger partial charge in [-0.3, -0.25) is 4.79 Å². The first-order valence-corrected chi connectivity index (χ1v) is 5.84. The molecule has 0 unspecified atom stereocenters. The molecule has 0 saturated heterocycles. The van der Waals surface area contributed by atoms with Gasteiger partial charge < -0.3 is 5.11 Å². The third kappa shape index (κ3) is 3.10. The molecular weight excluding hydrogens is 242 g/mol. The highest BCUT2D eigenvalue weighted by atomic mass is 35.5. The smallest absolute Gasteiger partial charge is 0.320 e. The molecule has 0 aromatic heterocycles. The van der Waals surface area contributed by atoms with Crippen LogP contribution in [0.2, 0.25) is 0 Å². The fourth-order valence-electron chi connectivity index (χ4n) is 0.919. The predicted octanol–water partition coefficient (Wildman–Crippen LogP) is 1.06. The minimum Gasteiger partial charge on any atom is -0.480 e. The summed E-state index contributed by atoms with van der Waals surface area (Å²) in [5.41, 5.74) is 0.209. The summed E-state index contributed by atoms with van der Waals surface area (Å²) in [6.45, 7) is 0. The minimum absolute atomic E-state index is 0.209. The maximum Gasteiger partial charge on any atom is 0.320 e. The standard InChI is InChI=1S/C8H8ClNO4S/c9-10(7-4-2-1-3-5-7)15(13,14)6-8(11)12/h1-5H,6H2,(H,11,12). The molecule has 0 aliphatic rings. The number of carboxylic acids is 1. The highest BCUT2D eigenvalue weighted by Crippen LogP contribution is 2.19. The number of anilines is 1. The van der Waals surface area contributed by atoms with Crippen LogP contribution in [-0.2, 0) is 14.8 Å². The van der Waals surface area contributed by atoms with Gasteiger partial charge in [0.05, 0.1) is 5.69 Å². The second-order valence-corrected chi connectivity index (χ2v) is 5.06. The lowest BCUT2D eigenvalue weighted by atomic mass is 10.3. The van der Waals surface area contributed by atoms with E-state index in [0.717, 1.165) is 0 Å². The molecule has 1 aromatic rings. The van der Waals surface area contributed by atoms with E-state index in [9.17, 15) is 13.2 Å². The van der Waals surface area contributed by atoms with Gasteiger partial charge in [-0.1, -0.05) is 18.2 Å². The van der Waals surface area contributed by atoms with E-state index in [0.29, 0.717) is 3.82 Å². The molecule has 82 valence electrons. The molecule has 5 nitrogen and oxygen atoms in total. The number of carboxylic acid groups (broad SMARTS) is 1. The summed E-state index contributed by atoms with van der Waals surface area (Å²) < 4.78 is 23.1. The first-order valence-electron chi connectivity index (χ1n) is 3.89. The fraction of sp³-hybridized carbons (Fsp3) is 0.125. The van der Waals surface area contributed by atoms with Crippen LogP contribution in [-0.4, -0.2) is 25.2 Å². The zero-order valence-electron chi connectivity index (χ0n) is 7.50. The van der Waals surface area contributed by atoms with E-state index in [-0.39, 0.29) is 5.69 Å². The molecule has 1 N–H and O–H groups in total. The van der Waals surface area contributed by atoms with Crippen LogP contribution in [0.3, 0.4) is 0 Å². The van der Waals surface area contributed by atoms with Crippen molar-refractivity contribution >= 4 is 33.5 Å². The van der Waals surface area contributed by atoms with Gasteiger partial charge >= 0.3 is 5.97 Å². The Bertz CT molecular complexity index is 445. The number of hydrogen-bond donors (Lipinski definition) is 1. The Morgan fingerprint density at radius 3 is 2.33 bits per heavy atom. The number of nitrogens with zero attached hydrogens (tertiary/aromatic N) is 1. The van der Waals surface area contributed by atoms with E-state index in [1.807, 2.05) is 0 Å². The molecule has 0 radical (unpaired) electrons. The summed E-state index contributed by atoms with van der Waals surface area (Å²) in [6.07, 6.45) is 0. The molecule has 0 aliphatic heterocycles. The summed E-state index contributed by atoms with van der Waals surface area (Å²) in [5, 5.41) is 8.38. The molecular formula is C8H8ClNO4S. The number of benzene rings is 1. The lowest BCUT2D eigenvalue weighted by molar-refractivity contribution is -0.134. The quantitative estimate of drug-likeness (QED) is 0.810. The Morgan fingerprint density at radius 1 is 1.33 bits per heavy atom. The Balaban J connectivity index is 2.95. The average Bonchev–Trinajstić information content (AvgIpc) is 2.16. The van der Waals surface area contributed by atoms with Crippen molar-refractivity contribution in [2.45, 2.75) is 0 Å². The second-order valence-electron chi connectivity index (χ2n) is 2.70. The molecule has 15 heavy (non-hydrogen) atoms. The first kappa shape index (κ1) is 11.8. The number of halogens is 1. The van der Waals surface area contributed by atoms with E-state index in [4.69, 9.17) is 16.9 Å². The summed E-state index contributed by atoms with van der Waals surface area (Å²) in [5.74, 6) is -2.48. The Hall–Kier alpha value is -1.27. The van der Waals surface area contributed by atoms with Gasteiger partial charge in [0.2, 0.25) is 0 Å². The molecule has 1 rings (SSSR count). The number of hydrogen-bond acceptors (Lipinski definition) is 3. The molecule has 0 spiro atoms. The van der Waals surface area contributed by atoms with Crippen LogP contribution in [0.25, 0.3) is 0 Å². The molecule has 0 aliphatic carbocycles. The number of para-hydroxylation sites is 1. The van der Waals surface area contributed by atoms with Gasteiger partial charge in [-0.2, -0.15) is 3.82 Å². The summed E-state index contributed by atoms with van der Waals surface area (Å²) in [6, 6.07) is 7.82. The highest BCUT2D eigenvalue weighted by molar-refractivity contribution is 7.94. The number of sulfonamides is 1. The predicted molar refractivity (Wildman–Crippen MR) is 56.2 cm³/mol. The van der Waals surface area contributed by atoms with Gasteiger partial charge in [-0.05, 0) is 12.1 Å². The molecule has 0 amide bonds. The fourth-order valence-corrected chi connectivity index (χ4v) is 2.05. The minimum atomic E-state index is -4.01. The maximum absolute atomic E-state index is 11.4. The van der Waals surface area contributed by atoms with Crippen LogP contribution in [0, 0.1) is 0 Å². The SMILES string of the molecule is O=C(O)CS(=O)(=O)N(Cl)c1ccccc1. The second kappa shape index (κ2) is 4.50. The number of rotatable bonds is 4. The third-order valence-corrected chi connectivity index (χ3v) is 3.65. The monoisotopic (exact) mass is 249 g/mol. The van der Waals surface area contributed by atoms with Crippen molar-refractivity contribution < 1.29 is 18.3 Å². The average molecular weight is 250 g/mol. The molecule has 0 atom stereocenters. The van der Waals surface area contributed by atoms with Crippen molar-refractivity contribution in [3.05, 3.63) is 30.3 Å². The van der Waals surface area contributed by atoms with E-state index in [2.05, 4.69) is 0 Å². The third-order valence-electron chi connectivity index (χ3n) is 1.51. The largest absolute Gasteiger partial charge is 0.480 e. The van der Waals surface area contributed by atoms with Gasteiger partial charge in [0, 0.05) is 11.8 Å². The van der Waals surface area contributed by atoms with Crippen LogP contribution >= 0.6 is 11.8 Å². The van der Waals surface area contributed by atoms with Crippen LogP contribution < -0.4 is 3.82 Å². The Labute approximate surface area is 92.1 Å². The molecule has 7 heteroatoms. The molecule has 0 bridgehead atoms. The maximum atomic E-state index is 11.4. The van der Waals surface area contributed by atoms with Gasteiger partial charge in [0.15, 0.2) is 5.75 Å². The van der Waals surface area contributed by atoms with Crippen molar-refractivity contribution in [2.75, 3.05) is 9.58 Å². The summed E-state index contributed by atoms with van der Waals surface area (Å²) in [7, 11) is -4.01. The molecule has 1 aromatic carbocycles. The Morgan fingerprint density at radius 2 is 1.87 bits per heavy atom. The van der Waals surface area contributed by atoms with Gasteiger partial charge in [-0.25, -0.2) is 8.42 Å². The van der Waals surface area contributed by atoms with Gasteiger partial charge in [0.25, 0.3) is 10.0 Å². The highest BCUT2D eigenvalue weighted by Gasteiger charge is 2.23. The van der Waals surface area contributed by atoms with E-state index < -0.39 is 21.7 Å². The molecule has 0 heterocycles. The first-order chi connectivity index (χ1) is 6.93. The summed E-state index contributed by atoms with van der Waals surface area (Å²) >= 11 is 5.52. The van der Waals surface area contributed by atoms with Crippen LogP contribution in [0.5, 0.6) is 0 Å². The van der Waals surface area contributed by atoms with Crippen molar-refractivity contribution in [3.63, 3.8) is 0 Å². The zero-order valence-corrected chi connectivity index (χ0v) is 9.07. The number of carbonyl (C=O) groups is 1. The van der Waals surface area contributed by atoms with Gasteiger partial charge in [0.1, 0.15) is 0 Å². The van der Waals surface area contributed by atoms with Crippen molar-refractivity contribution in [1.82, 2.24) is 0 Å². The lowest BCUT2D eigenvalue weighted by Crippen LogP contribution is -2.28. The Kier molecular flexibility index (Phi) is 3.54. The zero-order chi connectivity index (χ0) is 11.5. The van der Waals surface area contributed by atoms with Gasteiger partial charge in [-0.15, -0.1) is 0 Å². The van der Waals surface area contributed by atoms with Crippen molar-refractivity contribution in [3.8, 4) is 0 Å². The van der Waals surface area contributed by atoms with Crippen LogP contribution in [0.1, 0.15) is 0 Å². The lowest BCUT2D eigenvalue weighted by Gasteiger charge is -2.14.